The van der Waals surface area contributed by atoms with Crippen LogP contribution in [-0.2, 0) is 0 Å². The summed E-state index contributed by atoms with van der Waals surface area (Å²) in [6, 6.07) is 18.6. The third-order valence-electron chi connectivity index (χ3n) is 3.81. The quantitative estimate of drug-likeness (QED) is 0.679. The number of hydrogen-bond acceptors (Lipinski definition) is 4. The highest BCUT2D eigenvalue weighted by molar-refractivity contribution is 6.08. The minimum atomic E-state index is -0.468. The number of carbonyl (C=O) groups is 3. The number of para-hydroxylation sites is 1. The summed E-state index contributed by atoms with van der Waals surface area (Å²) < 4.78 is 0. The fourth-order valence-corrected chi connectivity index (χ4v) is 2.43. The van der Waals surface area contributed by atoms with E-state index in [4.69, 9.17) is 0 Å². The second kappa shape index (κ2) is 8.05. The van der Waals surface area contributed by atoms with Gasteiger partial charge in [0.15, 0.2) is 5.78 Å². The molecule has 1 aromatic heterocycles. The monoisotopic (exact) mass is 359 g/mol. The van der Waals surface area contributed by atoms with Crippen LogP contribution in [0.5, 0.6) is 0 Å². The standard InChI is InChI=1S/C21H17N3O3/c1-14(25)15-6-5-9-18(12-15)24-21(27)19-13-16(10-11-22-19)20(26)23-17-7-3-2-4-8-17/h2-13H,1H3,(H,23,26)(H,24,27). The van der Waals surface area contributed by atoms with Crippen LogP contribution in [0.2, 0.25) is 0 Å². The molecule has 1 heterocycles. The van der Waals surface area contributed by atoms with Crippen molar-refractivity contribution in [1.29, 1.82) is 0 Å². The summed E-state index contributed by atoms with van der Waals surface area (Å²) in [5, 5.41) is 5.44. The highest BCUT2D eigenvalue weighted by Gasteiger charge is 2.13. The molecule has 0 unspecified atom stereocenters. The van der Waals surface area contributed by atoms with Gasteiger partial charge in [-0.3, -0.25) is 19.4 Å². The molecule has 0 bridgehead atoms. The van der Waals surface area contributed by atoms with Crippen molar-refractivity contribution in [3.05, 3.63) is 89.7 Å². The topological polar surface area (TPSA) is 88.2 Å². The first-order valence-electron chi connectivity index (χ1n) is 8.28. The van der Waals surface area contributed by atoms with Crippen molar-refractivity contribution in [2.75, 3.05) is 10.6 Å². The molecular weight excluding hydrogens is 342 g/mol. The molecule has 0 aliphatic heterocycles. The molecule has 6 heteroatoms. The molecule has 0 fully saturated rings. The zero-order chi connectivity index (χ0) is 19.2. The first-order chi connectivity index (χ1) is 13.0. The lowest BCUT2D eigenvalue weighted by Crippen LogP contribution is -2.17. The molecule has 27 heavy (non-hydrogen) atoms. The predicted octanol–water partition coefficient (Wildman–Crippen LogP) is 3.79. The number of rotatable bonds is 5. The van der Waals surface area contributed by atoms with Gasteiger partial charge >= 0.3 is 0 Å². The van der Waals surface area contributed by atoms with Crippen molar-refractivity contribution in [3.63, 3.8) is 0 Å². The van der Waals surface area contributed by atoms with Crippen LogP contribution in [-0.4, -0.2) is 22.6 Å². The molecule has 3 aromatic rings. The van der Waals surface area contributed by atoms with Crippen LogP contribution in [0.1, 0.15) is 38.1 Å². The second-order valence-electron chi connectivity index (χ2n) is 5.84. The normalized spacial score (nSPS) is 10.1. The molecule has 134 valence electrons. The third kappa shape index (κ3) is 4.64. The average Bonchev–Trinajstić information content (AvgIpc) is 2.69. The third-order valence-corrected chi connectivity index (χ3v) is 3.81. The Balaban J connectivity index is 1.74. The maximum Gasteiger partial charge on any atom is 0.274 e. The van der Waals surface area contributed by atoms with Gasteiger partial charge in [0.05, 0.1) is 0 Å². The maximum absolute atomic E-state index is 12.4. The summed E-state index contributed by atoms with van der Waals surface area (Å²) in [6.45, 7) is 1.46. The molecule has 0 atom stereocenters. The molecule has 2 N–H and O–H groups in total. The van der Waals surface area contributed by atoms with Crippen molar-refractivity contribution < 1.29 is 14.4 Å². The van der Waals surface area contributed by atoms with E-state index in [2.05, 4.69) is 15.6 Å². The van der Waals surface area contributed by atoms with Gasteiger partial charge < -0.3 is 10.6 Å². The molecule has 0 saturated carbocycles. The number of nitrogens with zero attached hydrogens (tertiary/aromatic N) is 1. The molecule has 0 spiro atoms. The van der Waals surface area contributed by atoms with E-state index in [1.165, 1.54) is 25.3 Å². The van der Waals surface area contributed by atoms with Crippen molar-refractivity contribution in [1.82, 2.24) is 4.98 Å². The van der Waals surface area contributed by atoms with Gasteiger partial charge in [-0.1, -0.05) is 30.3 Å². The lowest BCUT2D eigenvalue weighted by Gasteiger charge is -2.08. The van der Waals surface area contributed by atoms with Gasteiger partial charge in [-0.2, -0.15) is 0 Å². The Bertz CT molecular complexity index is 1000. The smallest absolute Gasteiger partial charge is 0.274 e. The number of hydrogen-bond donors (Lipinski definition) is 2. The minimum Gasteiger partial charge on any atom is -0.322 e. The van der Waals surface area contributed by atoms with Gasteiger partial charge in [-0.15, -0.1) is 0 Å². The van der Waals surface area contributed by atoms with E-state index in [0.29, 0.717) is 22.5 Å². The number of pyridine rings is 1. The summed E-state index contributed by atoms with van der Waals surface area (Å²) >= 11 is 0. The van der Waals surface area contributed by atoms with Crippen LogP contribution in [0.4, 0.5) is 11.4 Å². The van der Waals surface area contributed by atoms with E-state index in [-0.39, 0.29) is 17.4 Å². The summed E-state index contributed by atoms with van der Waals surface area (Å²) in [4.78, 5) is 40.3. The number of benzene rings is 2. The molecule has 0 aliphatic carbocycles. The first-order valence-corrected chi connectivity index (χ1v) is 8.28. The van der Waals surface area contributed by atoms with Gasteiger partial charge in [-0.25, -0.2) is 0 Å². The molecule has 2 amide bonds. The summed E-state index contributed by atoms with van der Waals surface area (Å²) in [5.74, 6) is -0.898. The Morgan fingerprint density at radius 3 is 2.19 bits per heavy atom. The van der Waals surface area contributed by atoms with E-state index in [9.17, 15) is 14.4 Å². The molecule has 3 rings (SSSR count). The maximum atomic E-state index is 12.4. The first kappa shape index (κ1) is 18.0. The Morgan fingerprint density at radius 2 is 1.44 bits per heavy atom. The van der Waals surface area contributed by atoms with Gasteiger partial charge in [0.1, 0.15) is 5.69 Å². The molecule has 0 saturated heterocycles. The van der Waals surface area contributed by atoms with E-state index in [1.807, 2.05) is 18.2 Å². The van der Waals surface area contributed by atoms with E-state index in [1.54, 1.807) is 36.4 Å². The predicted molar refractivity (Wildman–Crippen MR) is 103 cm³/mol. The molecule has 2 aromatic carbocycles. The molecular formula is C21H17N3O3. The lowest BCUT2D eigenvalue weighted by atomic mass is 10.1. The summed E-state index contributed by atoms with van der Waals surface area (Å²) in [6.07, 6.45) is 1.40. The Hall–Kier alpha value is -3.80. The number of Topliss-reactive ketones (excluding diaryl/α,β-unsaturated/α-hetero) is 1. The highest BCUT2D eigenvalue weighted by Crippen LogP contribution is 2.14. The van der Waals surface area contributed by atoms with Gasteiger partial charge in [-0.05, 0) is 43.3 Å². The zero-order valence-corrected chi connectivity index (χ0v) is 14.6. The van der Waals surface area contributed by atoms with Crippen LogP contribution < -0.4 is 10.6 Å². The van der Waals surface area contributed by atoms with Gasteiger partial charge in [0, 0.05) is 28.7 Å². The molecule has 0 aliphatic rings. The lowest BCUT2D eigenvalue weighted by molar-refractivity contribution is 0.100. The Kier molecular flexibility index (Phi) is 5.37. The zero-order valence-electron chi connectivity index (χ0n) is 14.6. The number of nitrogens with one attached hydrogen (secondary N) is 2. The molecule has 0 radical (unpaired) electrons. The number of ketones is 1. The van der Waals surface area contributed by atoms with E-state index < -0.39 is 5.91 Å². The minimum absolute atomic E-state index is 0.0937. The van der Waals surface area contributed by atoms with Crippen molar-refractivity contribution in [3.8, 4) is 0 Å². The van der Waals surface area contributed by atoms with Crippen LogP contribution in [0.3, 0.4) is 0 Å². The fourth-order valence-electron chi connectivity index (χ4n) is 2.43. The van der Waals surface area contributed by atoms with Crippen LogP contribution in [0.25, 0.3) is 0 Å². The summed E-state index contributed by atoms with van der Waals surface area (Å²) in [7, 11) is 0. The number of amides is 2. The number of aromatic nitrogens is 1. The van der Waals surface area contributed by atoms with Crippen LogP contribution >= 0.6 is 0 Å². The van der Waals surface area contributed by atoms with E-state index in [0.717, 1.165) is 0 Å². The van der Waals surface area contributed by atoms with Crippen LogP contribution in [0, 0.1) is 0 Å². The SMILES string of the molecule is CC(=O)c1cccc(NC(=O)c2cc(C(=O)Nc3ccccc3)ccn2)c1. The van der Waals surface area contributed by atoms with Gasteiger partial charge in [0.25, 0.3) is 11.8 Å². The Labute approximate surface area is 156 Å². The molecule has 6 nitrogen and oxygen atoms in total. The number of anilines is 2. The van der Waals surface area contributed by atoms with Gasteiger partial charge in [0.2, 0.25) is 0 Å². The van der Waals surface area contributed by atoms with Crippen molar-refractivity contribution >= 4 is 29.0 Å². The average molecular weight is 359 g/mol. The Morgan fingerprint density at radius 1 is 0.741 bits per heavy atom. The number of carbonyl (C=O) groups excluding carboxylic acids is 3. The largest absolute Gasteiger partial charge is 0.322 e. The fraction of sp³-hybridized carbons (Fsp3) is 0.0476. The van der Waals surface area contributed by atoms with E-state index >= 15 is 0 Å². The second-order valence-corrected chi connectivity index (χ2v) is 5.84. The highest BCUT2D eigenvalue weighted by atomic mass is 16.2. The summed E-state index contributed by atoms with van der Waals surface area (Å²) in [5.41, 5.74) is 2.05. The van der Waals surface area contributed by atoms with Crippen molar-refractivity contribution in [2.45, 2.75) is 6.92 Å². The van der Waals surface area contributed by atoms with Crippen molar-refractivity contribution in [2.24, 2.45) is 0 Å². The van der Waals surface area contributed by atoms with Crippen LogP contribution in [0.15, 0.2) is 72.9 Å².